The van der Waals surface area contributed by atoms with E-state index < -0.39 is 4.92 Å². The number of ether oxygens (including phenoxy) is 1. The number of carbonyl (C=O) groups excluding carboxylic acids is 1. The van der Waals surface area contributed by atoms with Crippen LogP contribution < -0.4 is 4.74 Å². The fourth-order valence-electron chi connectivity index (χ4n) is 1.08. The molecule has 1 rings (SSSR count). The molecule has 0 atom stereocenters. The Morgan fingerprint density at radius 2 is 2.29 bits per heavy atom. The highest BCUT2D eigenvalue weighted by Crippen LogP contribution is 2.24. The van der Waals surface area contributed by atoms with Crippen LogP contribution in [0.2, 0.25) is 0 Å². The molecule has 0 unspecified atom stereocenters. The van der Waals surface area contributed by atoms with Gasteiger partial charge in [-0.25, -0.2) is 0 Å². The van der Waals surface area contributed by atoms with Gasteiger partial charge in [0.1, 0.15) is 5.75 Å². The number of esters is 1. The number of halogens is 1. The molecule has 6 heteroatoms. The number of hydrogen-bond donors (Lipinski definition) is 0. The summed E-state index contributed by atoms with van der Waals surface area (Å²) in [5, 5.41) is 10.2. The first-order valence-electron chi connectivity index (χ1n) is 4.85. The van der Waals surface area contributed by atoms with Crippen molar-refractivity contribution >= 4 is 28.0 Å². The van der Waals surface area contributed by atoms with Crippen LogP contribution in [0.15, 0.2) is 28.9 Å². The predicted molar refractivity (Wildman–Crippen MR) is 66.1 cm³/mol. The Morgan fingerprint density at radius 1 is 1.59 bits per heavy atom. The summed E-state index contributed by atoms with van der Waals surface area (Å²) in [6.45, 7) is 1.67. The standard InChI is InChI=1S/C11H10BrNO4/c1-2-11(14)17-10-4-3-9(12)7-8(10)5-6-13(15)16/h3-7H,2H2,1H3/b6-5+. The van der Waals surface area contributed by atoms with Crippen molar-refractivity contribution in [2.45, 2.75) is 13.3 Å². The second-order valence-corrected chi connectivity index (χ2v) is 4.03. The number of hydrogen-bond acceptors (Lipinski definition) is 4. The molecular weight excluding hydrogens is 290 g/mol. The molecule has 0 fully saturated rings. The van der Waals surface area contributed by atoms with Crippen LogP contribution in [0.3, 0.4) is 0 Å². The van der Waals surface area contributed by atoms with Gasteiger partial charge >= 0.3 is 5.97 Å². The quantitative estimate of drug-likeness (QED) is 0.371. The van der Waals surface area contributed by atoms with Gasteiger partial charge in [0, 0.05) is 22.5 Å². The van der Waals surface area contributed by atoms with Crippen LogP contribution in [-0.4, -0.2) is 10.9 Å². The van der Waals surface area contributed by atoms with Crippen LogP contribution in [0.1, 0.15) is 18.9 Å². The smallest absolute Gasteiger partial charge is 0.310 e. The highest BCUT2D eigenvalue weighted by molar-refractivity contribution is 9.10. The molecule has 0 bridgehead atoms. The molecule has 0 N–H and O–H groups in total. The van der Waals surface area contributed by atoms with E-state index in [-0.39, 0.29) is 12.4 Å². The van der Waals surface area contributed by atoms with Gasteiger partial charge in [-0.15, -0.1) is 0 Å². The lowest BCUT2D eigenvalue weighted by atomic mass is 10.2. The molecule has 0 amide bonds. The summed E-state index contributed by atoms with van der Waals surface area (Å²) in [7, 11) is 0. The van der Waals surface area contributed by atoms with Crippen LogP contribution in [0.5, 0.6) is 5.75 Å². The van der Waals surface area contributed by atoms with Gasteiger partial charge in [0.2, 0.25) is 6.20 Å². The SMILES string of the molecule is CCC(=O)Oc1ccc(Br)cc1/C=C/[N+](=O)[O-]. The summed E-state index contributed by atoms with van der Waals surface area (Å²) in [4.78, 5) is 20.8. The third-order valence-corrected chi connectivity index (χ3v) is 2.35. The molecule has 0 radical (unpaired) electrons. The Hall–Kier alpha value is -1.69. The zero-order valence-electron chi connectivity index (χ0n) is 9.05. The highest BCUT2D eigenvalue weighted by atomic mass is 79.9. The minimum atomic E-state index is -0.577. The summed E-state index contributed by atoms with van der Waals surface area (Å²) in [5.41, 5.74) is 0.470. The molecule has 0 heterocycles. The van der Waals surface area contributed by atoms with Gasteiger partial charge in [-0.2, -0.15) is 0 Å². The Balaban J connectivity index is 3.03. The van der Waals surface area contributed by atoms with Crippen molar-refractivity contribution in [3.8, 4) is 5.75 Å². The van der Waals surface area contributed by atoms with Gasteiger partial charge in [0.15, 0.2) is 0 Å². The zero-order chi connectivity index (χ0) is 12.8. The highest BCUT2D eigenvalue weighted by Gasteiger charge is 2.07. The lowest BCUT2D eigenvalue weighted by Crippen LogP contribution is -2.06. The number of benzene rings is 1. The lowest BCUT2D eigenvalue weighted by Gasteiger charge is -2.06. The van der Waals surface area contributed by atoms with E-state index in [2.05, 4.69) is 15.9 Å². The molecule has 0 aliphatic heterocycles. The van der Waals surface area contributed by atoms with Crippen molar-refractivity contribution in [1.82, 2.24) is 0 Å². The Labute approximate surface area is 106 Å². The van der Waals surface area contributed by atoms with Gasteiger partial charge in [-0.3, -0.25) is 14.9 Å². The summed E-state index contributed by atoms with van der Waals surface area (Å²) in [6.07, 6.45) is 2.32. The fraction of sp³-hybridized carbons (Fsp3) is 0.182. The van der Waals surface area contributed by atoms with Crippen molar-refractivity contribution in [3.05, 3.63) is 44.5 Å². The van der Waals surface area contributed by atoms with Gasteiger partial charge in [-0.1, -0.05) is 22.9 Å². The molecule has 0 saturated heterocycles. The lowest BCUT2D eigenvalue weighted by molar-refractivity contribution is -0.400. The maximum atomic E-state index is 11.2. The second-order valence-electron chi connectivity index (χ2n) is 3.11. The molecule has 0 aromatic heterocycles. The Morgan fingerprint density at radius 3 is 2.88 bits per heavy atom. The van der Waals surface area contributed by atoms with Crippen LogP contribution in [0, 0.1) is 10.1 Å². The molecule has 17 heavy (non-hydrogen) atoms. The third kappa shape index (κ3) is 4.36. The molecule has 0 spiro atoms. The number of carbonyl (C=O) groups is 1. The van der Waals surface area contributed by atoms with E-state index in [9.17, 15) is 14.9 Å². The average molecular weight is 300 g/mol. The third-order valence-electron chi connectivity index (χ3n) is 1.86. The first-order valence-corrected chi connectivity index (χ1v) is 5.64. The van der Waals surface area contributed by atoms with Crippen LogP contribution in [0.25, 0.3) is 6.08 Å². The van der Waals surface area contributed by atoms with E-state index in [1.165, 1.54) is 6.08 Å². The summed E-state index contributed by atoms with van der Waals surface area (Å²) in [6, 6.07) is 4.91. The van der Waals surface area contributed by atoms with E-state index in [1.54, 1.807) is 25.1 Å². The first kappa shape index (κ1) is 13.4. The monoisotopic (exact) mass is 299 g/mol. The maximum absolute atomic E-state index is 11.2. The fourth-order valence-corrected chi connectivity index (χ4v) is 1.46. The maximum Gasteiger partial charge on any atom is 0.310 e. The van der Waals surface area contributed by atoms with Crippen molar-refractivity contribution < 1.29 is 14.5 Å². The minimum Gasteiger partial charge on any atom is -0.426 e. The number of rotatable bonds is 4. The summed E-state index contributed by atoms with van der Waals surface area (Å²) >= 11 is 3.24. The van der Waals surface area contributed by atoms with Gasteiger partial charge in [0.25, 0.3) is 0 Å². The largest absolute Gasteiger partial charge is 0.426 e. The molecule has 0 aliphatic carbocycles. The molecule has 0 aliphatic rings. The number of nitro groups is 1. The zero-order valence-corrected chi connectivity index (χ0v) is 10.6. The molecular formula is C11H10BrNO4. The average Bonchev–Trinajstić information content (AvgIpc) is 2.29. The van der Waals surface area contributed by atoms with Crippen LogP contribution >= 0.6 is 15.9 Å². The first-order chi connectivity index (χ1) is 8.02. The van der Waals surface area contributed by atoms with Crippen molar-refractivity contribution in [3.63, 3.8) is 0 Å². The molecule has 1 aromatic rings. The van der Waals surface area contributed by atoms with E-state index >= 15 is 0 Å². The normalized spacial score (nSPS) is 10.5. The van der Waals surface area contributed by atoms with E-state index in [0.29, 0.717) is 11.3 Å². The summed E-state index contributed by atoms with van der Waals surface area (Å²) < 4.78 is 5.80. The van der Waals surface area contributed by atoms with E-state index in [4.69, 9.17) is 4.74 Å². The van der Waals surface area contributed by atoms with Crippen molar-refractivity contribution in [1.29, 1.82) is 0 Å². The van der Waals surface area contributed by atoms with E-state index in [1.807, 2.05) is 0 Å². The number of nitrogens with zero attached hydrogens (tertiary/aromatic N) is 1. The Kier molecular flexibility index (Phi) is 4.84. The molecule has 1 aromatic carbocycles. The predicted octanol–water partition coefficient (Wildman–Crippen LogP) is 3.01. The Bertz CT molecular complexity index is 471. The molecule has 0 saturated carbocycles. The van der Waals surface area contributed by atoms with Gasteiger partial charge in [-0.05, 0) is 18.2 Å². The van der Waals surface area contributed by atoms with E-state index in [0.717, 1.165) is 10.7 Å². The van der Waals surface area contributed by atoms with Gasteiger partial charge < -0.3 is 4.74 Å². The topological polar surface area (TPSA) is 69.4 Å². The van der Waals surface area contributed by atoms with Crippen molar-refractivity contribution in [2.75, 3.05) is 0 Å². The van der Waals surface area contributed by atoms with Crippen molar-refractivity contribution in [2.24, 2.45) is 0 Å². The summed E-state index contributed by atoms with van der Waals surface area (Å²) in [5.74, 6) is -0.0822. The molecule has 90 valence electrons. The molecule has 5 nitrogen and oxygen atoms in total. The van der Waals surface area contributed by atoms with Gasteiger partial charge in [0.05, 0.1) is 4.92 Å². The minimum absolute atomic E-state index is 0.244. The van der Waals surface area contributed by atoms with Crippen LogP contribution in [0.4, 0.5) is 0 Å². The second kappa shape index (κ2) is 6.15. The van der Waals surface area contributed by atoms with Crippen LogP contribution in [-0.2, 0) is 4.79 Å².